The lowest BCUT2D eigenvalue weighted by Crippen LogP contribution is -2.76. The van der Waals surface area contributed by atoms with Crippen LogP contribution in [0.25, 0.3) is 0 Å². The smallest absolute Gasteiger partial charge is 0.306 e. The van der Waals surface area contributed by atoms with Crippen LogP contribution >= 0.6 is 0 Å². The number of carbonyl (C=O) groups is 4. The average molecular weight is 531 g/mol. The molecule has 1 N–H and O–H groups in total. The molecular formula is C29H38O9. The Morgan fingerprint density at radius 1 is 1.16 bits per heavy atom. The van der Waals surface area contributed by atoms with Gasteiger partial charge in [-0.2, -0.15) is 0 Å². The minimum absolute atomic E-state index is 0.0512. The minimum atomic E-state index is -1.96. The molecule has 9 nitrogen and oxygen atoms in total. The molecule has 38 heavy (non-hydrogen) atoms. The largest absolute Gasteiger partial charge is 0.472 e. The Morgan fingerprint density at radius 3 is 2.47 bits per heavy atom. The molecule has 4 fully saturated rings. The number of Topliss-reactive ketones (excluding diaryl/α,β-unsaturated/α-hetero) is 1. The zero-order valence-electron chi connectivity index (χ0n) is 22.9. The maximum absolute atomic E-state index is 14.3. The van der Waals surface area contributed by atoms with Crippen molar-refractivity contribution in [3.63, 3.8) is 0 Å². The summed E-state index contributed by atoms with van der Waals surface area (Å²) in [5.41, 5.74) is -3.63. The lowest BCUT2D eigenvalue weighted by Gasteiger charge is -2.68. The van der Waals surface area contributed by atoms with E-state index < -0.39 is 51.9 Å². The molecule has 208 valence electrons. The number of hydrogen-bond acceptors (Lipinski definition) is 9. The number of furan rings is 1. The number of esters is 3. The highest BCUT2D eigenvalue weighted by molar-refractivity contribution is 5.96. The molecule has 9 heteroatoms. The van der Waals surface area contributed by atoms with Crippen LogP contribution in [-0.2, 0) is 33.4 Å². The summed E-state index contributed by atoms with van der Waals surface area (Å²) in [7, 11) is 1.31. The second-order valence-electron chi connectivity index (χ2n) is 12.9. The summed E-state index contributed by atoms with van der Waals surface area (Å²) in [6.45, 7) is 8.92. The molecule has 3 aliphatic carbocycles. The first kappa shape index (κ1) is 26.9. The number of hydrogen-bond donors (Lipinski definition) is 1. The van der Waals surface area contributed by atoms with Crippen molar-refractivity contribution in [3.8, 4) is 0 Å². The average Bonchev–Trinajstić information content (AvgIpc) is 3.38. The molecule has 0 unspecified atom stereocenters. The number of carbonyl (C=O) groups excluding carboxylic acids is 4. The Bertz CT molecular complexity index is 1150. The molecule has 3 saturated carbocycles. The van der Waals surface area contributed by atoms with Crippen LogP contribution in [0.5, 0.6) is 0 Å². The quantitative estimate of drug-likeness (QED) is 0.457. The molecule has 0 radical (unpaired) electrons. The van der Waals surface area contributed by atoms with E-state index in [2.05, 4.69) is 6.92 Å². The summed E-state index contributed by atoms with van der Waals surface area (Å²) in [5, 5.41) is 12.2. The molecule has 1 saturated heterocycles. The molecule has 1 aromatic heterocycles. The van der Waals surface area contributed by atoms with E-state index in [0.717, 1.165) is 5.56 Å². The lowest BCUT2D eigenvalue weighted by atomic mass is 9.36. The monoisotopic (exact) mass is 530 g/mol. The van der Waals surface area contributed by atoms with Gasteiger partial charge in [-0.3, -0.25) is 19.2 Å². The van der Waals surface area contributed by atoms with Crippen LogP contribution in [0, 0.1) is 39.9 Å². The topological polar surface area (TPSA) is 129 Å². The summed E-state index contributed by atoms with van der Waals surface area (Å²) in [6.07, 6.45) is 3.02. The normalized spacial score (nSPS) is 43.3. The number of ketones is 1. The number of methoxy groups -OCH3 is 1. The first-order valence-electron chi connectivity index (χ1n) is 13.4. The van der Waals surface area contributed by atoms with Gasteiger partial charge in [0.1, 0.15) is 12.2 Å². The van der Waals surface area contributed by atoms with Crippen molar-refractivity contribution in [2.45, 2.75) is 84.5 Å². The fraction of sp³-hybridized carbons (Fsp3) is 0.724. The van der Waals surface area contributed by atoms with Crippen LogP contribution in [0.1, 0.15) is 78.4 Å². The predicted molar refractivity (Wildman–Crippen MR) is 132 cm³/mol. The first-order chi connectivity index (χ1) is 17.7. The number of rotatable bonds is 4. The van der Waals surface area contributed by atoms with Gasteiger partial charge in [-0.25, -0.2) is 0 Å². The van der Waals surface area contributed by atoms with Crippen molar-refractivity contribution in [1.82, 2.24) is 0 Å². The van der Waals surface area contributed by atoms with Crippen LogP contribution < -0.4 is 0 Å². The van der Waals surface area contributed by atoms with E-state index in [1.54, 1.807) is 18.6 Å². The van der Waals surface area contributed by atoms with Gasteiger partial charge in [0.05, 0.1) is 19.6 Å². The third-order valence-corrected chi connectivity index (χ3v) is 10.8. The maximum Gasteiger partial charge on any atom is 0.306 e. The molecule has 4 aliphatic rings. The Kier molecular flexibility index (Phi) is 6.13. The van der Waals surface area contributed by atoms with Gasteiger partial charge >= 0.3 is 17.9 Å². The van der Waals surface area contributed by atoms with Gasteiger partial charge in [-0.05, 0) is 49.0 Å². The molecule has 0 spiro atoms. The highest BCUT2D eigenvalue weighted by atomic mass is 16.6. The molecule has 5 rings (SSSR count). The fourth-order valence-electron chi connectivity index (χ4n) is 9.18. The predicted octanol–water partition coefficient (Wildman–Crippen LogP) is 3.78. The standard InChI is InChI=1S/C29H38O9/c1-15(30)37-25-26(2,3)20(12-21(31)35-6)28(5)18-7-9-27(4)19(17(18)13-29(25,34)24(28)33)11-22(32)38-23(27)16-8-10-36-14-16/h8,10,14,17-20,23,25,34H,7,9,11-13H2,1-6H3/t17-,18+,19+,20+,23+,25+,27-,28-,29+/m1/s1. The van der Waals surface area contributed by atoms with Crippen molar-refractivity contribution in [2.24, 2.45) is 39.9 Å². The summed E-state index contributed by atoms with van der Waals surface area (Å²) < 4.78 is 21.9. The third kappa shape index (κ3) is 3.53. The number of aliphatic hydroxyl groups is 1. The van der Waals surface area contributed by atoms with E-state index in [1.807, 2.05) is 20.8 Å². The molecule has 0 aromatic carbocycles. The summed E-state index contributed by atoms with van der Waals surface area (Å²) in [5.74, 6) is -2.97. The van der Waals surface area contributed by atoms with Gasteiger partial charge in [0, 0.05) is 41.6 Å². The second kappa shape index (κ2) is 8.66. The van der Waals surface area contributed by atoms with Gasteiger partial charge in [-0.1, -0.05) is 27.7 Å². The third-order valence-electron chi connectivity index (χ3n) is 10.8. The molecule has 1 aromatic rings. The van der Waals surface area contributed by atoms with Crippen molar-refractivity contribution >= 4 is 23.7 Å². The summed E-state index contributed by atoms with van der Waals surface area (Å²) >= 11 is 0. The second-order valence-corrected chi connectivity index (χ2v) is 12.9. The van der Waals surface area contributed by atoms with Crippen LogP contribution in [0.15, 0.2) is 23.0 Å². The van der Waals surface area contributed by atoms with E-state index in [1.165, 1.54) is 14.0 Å². The number of cyclic esters (lactones) is 1. The van der Waals surface area contributed by atoms with E-state index in [4.69, 9.17) is 18.6 Å². The van der Waals surface area contributed by atoms with Crippen molar-refractivity contribution < 1.29 is 42.9 Å². The SMILES string of the molecule is COC(=O)C[C@H]1C(C)(C)[C@H](OC(C)=O)[C@]2(O)C[C@H]3[C@@H]4CC(=O)O[C@@H](c5ccoc5)[C@]4(C)CC[C@@H]3[C@@]1(C)C2=O. The molecule has 0 amide bonds. The van der Waals surface area contributed by atoms with Crippen molar-refractivity contribution in [2.75, 3.05) is 7.11 Å². The van der Waals surface area contributed by atoms with Gasteiger partial charge in [0.15, 0.2) is 11.4 Å². The van der Waals surface area contributed by atoms with E-state index in [9.17, 15) is 24.3 Å². The van der Waals surface area contributed by atoms with Gasteiger partial charge in [0.25, 0.3) is 0 Å². The molecule has 2 heterocycles. The minimum Gasteiger partial charge on any atom is -0.472 e. The van der Waals surface area contributed by atoms with E-state index in [-0.39, 0.29) is 48.8 Å². The highest BCUT2D eigenvalue weighted by Gasteiger charge is 2.76. The van der Waals surface area contributed by atoms with Gasteiger partial charge < -0.3 is 23.7 Å². The van der Waals surface area contributed by atoms with Crippen LogP contribution in [0.4, 0.5) is 0 Å². The molecule has 9 atom stereocenters. The Labute approximate surface area is 222 Å². The summed E-state index contributed by atoms with van der Waals surface area (Å²) in [4.78, 5) is 52.2. The molecule has 1 aliphatic heterocycles. The van der Waals surface area contributed by atoms with Crippen LogP contribution in [-0.4, -0.2) is 47.6 Å². The Balaban J connectivity index is 1.65. The number of fused-ring (bicyclic) bond motifs is 6. The van der Waals surface area contributed by atoms with Crippen molar-refractivity contribution in [3.05, 3.63) is 24.2 Å². The highest BCUT2D eigenvalue weighted by Crippen LogP contribution is 2.70. The Hall–Kier alpha value is -2.68. The van der Waals surface area contributed by atoms with Crippen LogP contribution in [0.3, 0.4) is 0 Å². The van der Waals surface area contributed by atoms with Gasteiger partial charge in [0.2, 0.25) is 0 Å². The Morgan fingerprint density at radius 2 is 1.87 bits per heavy atom. The van der Waals surface area contributed by atoms with E-state index >= 15 is 0 Å². The molecular weight excluding hydrogens is 492 g/mol. The van der Waals surface area contributed by atoms with Crippen LogP contribution in [0.2, 0.25) is 0 Å². The van der Waals surface area contributed by atoms with Crippen molar-refractivity contribution in [1.29, 1.82) is 0 Å². The fourth-order valence-corrected chi connectivity index (χ4v) is 9.18. The first-order valence-corrected chi connectivity index (χ1v) is 13.4. The number of ether oxygens (including phenoxy) is 3. The maximum atomic E-state index is 14.3. The lowest BCUT2D eigenvalue weighted by molar-refractivity contribution is -0.266. The zero-order chi connectivity index (χ0) is 27.8. The molecule has 2 bridgehead atoms. The van der Waals surface area contributed by atoms with Gasteiger partial charge in [-0.15, -0.1) is 0 Å². The van der Waals surface area contributed by atoms with E-state index in [0.29, 0.717) is 12.8 Å². The zero-order valence-corrected chi connectivity index (χ0v) is 22.9. The summed E-state index contributed by atoms with van der Waals surface area (Å²) in [6, 6.07) is 1.80.